The van der Waals surface area contributed by atoms with Gasteiger partial charge in [0, 0.05) is 13.1 Å². The minimum Gasteiger partial charge on any atom is -0.493 e. The number of alkyl halides is 1. The van der Waals surface area contributed by atoms with Crippen LogP contribution in [0.4, 0.5) is 0 Å². The summed E-state index contributed by atoms with van der Waals surface area (Å²) in [6.45, 7) is 6.84. The van der Waals surface area contributed by atoms with Crippen LogP contribution >= 0.6 is 11.6 Å². The molecule has 1 aromatic carbocycles. The highest BCUT2D eigenvalue weighted by molar-refractivity contribution is 6.30. The highest BCUT2D eigenvalue weighted by atomic mass is 35.5. The lowest BCUT2D eigenvalue weighted by atomic mass is 10.1. The zero-order valence-corrected chi connectivity index (χ0v) is 20.2. The Morgan fingerprint density at radius 2 is 1.78 bits per heavy atom. The van der Waals surface area contributed by atoms with Crippen LogP contribution in [0.25, 0.3) is 0 Å². The van der Waals surface area contributed by atoms with E-state index in [4.69, 9.17) is 25.5 Å². The number of amides is 2. The van der Waals surface area contributed by atoms with Crippen LogP contribution in [0.5, 0.6) is 11.5 Å². The summed E-state index contributed by atoms with van der Waals surface area (Å²) < 4.78 is 16.1. The van der Waals surface area contributed by atoms with Crippen molar-refractivity contribution in [1.29, 1.82) is 0 Å². The Morgan fingerprint density at radius 3 is 2.34 bits per heavy atom. The van der Waals surface area contributed by atoms with Crippen molar-refractivity contribution in [2.24, 2.45) is 5.92 Å². The van der Waals surface area contributed by atoms with Crippen molar-refractivity contribution < 1.29 is 23.5 Å². The number of hydrogen-bond acceptors (Lipinski definition) is 5. The number of halogens is 1. The normalized spacial score (nSPS) is 11.8. The molecule has 1 atom stereocenters. The second-order valence-electron chi connectivity index (χ2n) is 8.06. The molecule has 0 spiro atoms. The number of ether oxygens (including phenoxy) is 2. The summed E-state index contributed by atoms with van der Waals surface area (Å²) in [4.78, 5) is 29.0. The van der Waals surface area contributed by atoms with E-state index in [1.54, 1.807) is 38.4 Å². The lowest BCUT2D eigenvalue weighted by Crippen LogP contribution is -2.46. The molecule has 0 saturated heterocycles. The molecule has 0 radical (unpaired) electrons. The molecule has 0 N–H and O–H groups in total. The van der Waals surface area contributed by atoms with Crippen LogP contribution in [0.3, 0.4) is 0 Å². The second kappa shape index (κ2) is 12.4. The van der Waals surface area contributed by atoms with Gasteiger partial charge in [0.05, 0.1) is 33.6 Å². The first-order valence-electron chi connectivity index (χ1n) is 10.7. The lowest BCUT2D eigenvalue weighted by Gasteiger charge is -2.29. The highest BCUT2D eigenvalue weighted by Gasteiger charge is 2.25. The number of rotatable bonds is 12. The Kier molecular flexibility index (Phi) is 9.91. The molecule has 2 aromatic rings. The van der Waals surface area contributed by atoms with Gasteiger partial charge in [0.25, 0.3) is 0 Å². The van der Waals surface area contributed by atoms with E-state index >= 15 is 0 Å². The average molecular weight is 465 g/mol. The summed E-state index contributed by atoms with van der Waals surface area (Å²) >= 11 is 6.03. The van der Waals surface area contributed by atoms with Gasteiger partial charge in [-0.2, -0.15) is 0 Å². The molecule has 8 heteroatoms. The molecule has 0 aliphatic rings. The maximum Gasteiger partial charge on any atom is 0.242 e. The third-order valence-electron chi connectivity index (χ3n) is 4.96. The minimum atomic E-state index is -0.688. The molecule has 2 amide bonds. The minimum absolute atomic E-state index is 0.0271. The largest absolute Gasteiger partial charge is 0.493 e. The predicted molar refractivity (Wildman–Crippen MR) is 124 cm³/mol. The Morgan fingerprint density at radius 1 is 1.06 bits per heavy atom. The van der Waals surface area contributed by atoms with Crippen LogP contribution in [-0.4, -0.2) is 60.8 Å². The van der Waals surface area contributed by atoms with Crippen LogP contribution in [0.1, 0.15) is 32.1 Å². The molecular formula is C24H33ClN2O5. The molecule has 0 bridgehead atoms. The van der Waals surface area contributed by atoms with Crippen LogP contribution < -0.4 is 9.47 Å². The Balaban J connectivity index is 2.16. The van der Waals surface area contributed by atoms with Gasteiger partial charge in [-0.15, -0.1) is 11.6 Å². The molecule has 7 nitrogen and oxygen atoms in total. The van der Waals surface area contributed by atoms with Gasteiger partial charge in [-0.1, -0.05) is 19.9 Å². The summed E-state index contributed by atoms with van der Waals surface area (Å²) in [6, 6.07) is 9.31. The van der Waals surface area contributed by atoms with Crippen LogP contribution in [0.2, 0.25) is 0 Å². The number of furan rings is 1. The molecule has 0 saturated carbocycles. The average Bonchev–Trinajstić information content (AvgIpc) is 3.28. The first kappa shape index (κ1) is 25.6. The quantitative estimate of drug-likeness (QED) is 0.444. The molecule has 1 unspecified atom stereocenters. The fraction of sp³-hybridized carbons (Fsp3) is 0.500. The summed E-state index contributed by atoms with van der Waals surface area (Å²) in [6.07, 6.45) is 2.19. The van der Waals surface area contributed by atoms with E-state index in [-0.39, 0.29) is 24.3 Å². The third kappa shape index (κ3) is 7.48. The van der Waals surface area contributed by atoms with E-state index in [1.807, 2.05) is 38.1 Å². The number of hydrogen-bond donors (Lipinski definition) is 0. The molecule has 2 rings (SSSR count). The maximum atomic E-state index is 13.2. The molecule has 1 heterocycles. The van der Waals surface area contributed by atoms with Crippen LogP contribution in [0, 0.1) is 5.92 Å². The number of methoxy groups -OCH3 is 2. The van der Waals surface area contributed by atoms with E-state index in [0.29, 0.717) is 43.3 Å². The number of benzene rings is 1. The van der Waals surface area contributed by atoms with E-state index in [1.165, 1.54) is 4.90 Å². The molecule has 0 fully saturated rings. The van der Waals surface area contributed by atoms with Crippen LogP contribution in [0.15, 0.2) is 41.0 Å². The Bertz CT molecular complexity index is 867. The van der Waals surface area contributed by atoms with Gasteiger partial charge in [0.15, 0.2) is 11.5 Å². The van der Waals surface area contributed by atoms with E-state index < -0.39 is 5.38 Å². The second-order valence-corrected chi connectivity index (χ2v) is 8.72. The van der Waals surface area contributed by atoms with Crippen molar-refractivity contribution in [3.8, 4) is 11.5 Å². The Hall–Kier alpha value is -2.67. The van der Waals surface area contributed by atoms with E-state index in [0.717, 1.165) is 5.56 Å². The molecule has 1 aromatic heterocycles. The van der Waals surface area contributed by atoms with Gasteiger partial charge in [0.2, 0.25) is 11.8 Å². The monoisotopic (exact) mass is 464 g/mol. The number of carbonyl (C=O) groups is 2. The van der Waals surface area contributed by atoms with Crippen molar-refractivity contribution in [1.82, 2.24) is 9.80 Å². The third-order valence-corrected chi connectivity index (χ3v) is 5.15. The van der Waals surface area contributed by atoms with E-state index in [9.17, 15) is 9.59 Å². The van der Waals surface area contributed by atoms with Gasteiger partial charge < -0.3 is 23.7 Å². The van der Waals surface area contributed by atoms with Crippen molar-refractivity contribution in [2.45, 2.75) is 39.1 Å². The maximum absolute atomic E-state index is 13.2. The zero-order valence-electron chi connectivity index (χ0n) is 19.5. The SMILES string of the molecule is COc1ccc(CCN(Cc2ccco2)C(=O)CN(CC(C)C)C(=O)C(C)Cl)cc1OC. The zero-order chi connectivity index (χ0) is 23.7. The molecule has 0 aliphatic heterocycles. The number of carbonyl (C=O) groups excluding carboxylic acids is 2. The molecule has 32 heavy (non-hydrogen) atoms. The van der Waals surface area contributed by atoms with Gasteiger partial charge in [0.1, 0.15) is 11.1 Å². The smallest absolute Gasteiger partial charge is 0.242 e. The van der Waals surface area contributed by atoms with Gasteiger partial charge in [-0.05, 0) is 49.1 Å². The fourth-order valence-electron chi connectivity index (χ4n) is 3.37. The Labute approximate surface area is 195 Å². The standard InChI is InChI=1S/C24H33ClN2O5/c1-17(2)14-27(24(29)18(3)25)16-23(28)26(15-20-7-6-12-32-20)11-10-19-8-9-21(30-4)22(13-19)31-5/h6-9,12-13,17-18H,10-11,14-16H2,1-5H3. The summed E-state index contributed by atoms with van der Waals surface area (Å²) in [5, 5.41) is -0.688. The summed E-state index contributed by atoms with van der Waals surface area (Å²) in [5.41, 5.74) is 1.00. The first-order chi connectivity index (χ1) is 15.2. The highest BCUT2D eigenvalue weighted by Crippen LogP contribution is 2.27. The molecule has 0 aliphatic carbocycles. The lowest BCUT2D eigenvalue weighted by molar-refractivity contribution is -0.141. The van der Waals surface area contributed by atoms with Crippen molar-refractivity contribution in [3.05, 3.63) is 47.9 Å². The topological polar surface area (TPSA) is 72.2 Å². The summed E-state index contributed by atoms with van der Waals surface area (Å²) in [5.74, 6) is 1.78. The van der Waals surface area contributed by atoms with Gasteiger partial charge in [-0.3, -0.25) is 9.59 Å². The first-order valence-corrected chi connectivity index (χ1v) is 11.1. The summed E-state index contributed by atoms with van der Waals surface area (Å²) in [7, 11) is 3.18. The van der Waals surface area contributed by atoms with Gasteiger partial charge >= 0.3 is 0 Å². The predicted octanol–water partition coefficient (Wildman–Crippen LogP) is 3.98. The van der Waals surface area contributed by atoms with Crippen molar-refractivity contribution in [3.63, 3.8) is 0 Å². The van der Waals surface area contributed by atoms with Gasteiger partial charge in [-0.25, -0.2) is 0 Å². The fourth-order valence-corrected chi connectivity index (χ4v) is 3.51. The molecule has 176 valence electrons. The van der Waals surface area contributed by atoms with E-state index in [2.05, 4.69) is 0 Å². The number of nitrogens with zero attached hydrogens (tertiary/aromatic N) is 2. The molecular weight excluding hydrogens is 432 g/mol. The van der Waals surface area contributed by atoms with Crippen LogP contribution in [-0.2, 0) is 22.6 Å². The van der Waals surface area contributed by atoms with Crippen molar-refractivity contribution in [2.75, 3.05) is 33.9 Å². The van der Waals surface area contributed by atoms with Crippen molar-refractivity contribution >= 4 is 23.4 Å².